The Bertz CT molecular complexity index is 1050. The summed E-state index contributed by atoms with van der Waals surface area (Å²) in [5, 5.41) is 0. The van der Waals surface area contributed by atoms with Crippen molar-refractivity contribution in [2.75, 3.05) is 0 Å². The van der Waals surface area contributed by atoms with Crippen molar-refractivity contribution in [1.82, 2.24) is 9.97 Å². The van der Waals surface area contributed by atoms with Crippen LogP contribution in [0.5, 0.6) is 0 Å². The molecule has 0 radical (unpaired) electrons. The Balaban J connectivity index is 2.02. The fourth-order valence-corrected chi connectivity index (χ4v) is 4.70. The van der Waals surface area contributed by atoms with E-state index in [0.717, 1.165) is 11.3 Å². The van der Waals surface area contributed by atoms with E-state index in [1.807, 2.05) is 12.4 Å². The molecule has 2 aromatic heterocycles. The van der Waals surface area contributed by atoms with Gasteiger partial charge in [-0.3, -0.25) is 9.97 Å². The van der Waals surface area contributed by atoms with E-state index in [-0.39, 0.29) is 16.2 Å². The predicted molar refractivity (Wildman–Crippen MR) is 117 cm³/mol. The van der Waals surface area contributed by atoms with E-state index >= 15 is 0 Å². The highest BCUT2D eigenvalue weighted by atomic mass is 14.7. The van der Waals surface area contributed by atoms with Crippen molar-refractivity contribution in [3.05, 3.63) is 82.8 Å². The fourth-order valence-electron chi connectivity index (χ4n) is 4.70. The van der Waals surface area contributed by atoms with Gasteiger partial charge < -0.3 is 0 Å². The second kappa shape index (κ2) is 6.01. The molecular formula is C26H30N2. The van der Waals surface area contributed by atoms with Gasteiger partial charge in [-0.15, -0.1) is 0 Å². The molecule has 3 aromatic rings. The van der Waals surface area contributed by atoms with Gasteiger partial charge in [-0.2, -0.15) is 0 Å². The zero-order valence-corrected chi connectivity index (χ0v) is 18.1. The minimum absolute atomic E-state index is 0.0847. The molecule has 1 aliphatic rings. The summed E-state index contributed by atoms with van der Waals surface area (Å²) >= 11 is 0. The molecule has 2 heteroatoms. The zero-order valence-electron chi connectivity index (χ0n) is 18.1. The van der Waals surface area contributed by atoms with Gasteiger partial charge in [0.2, 0.25) is 0 Å². The van der Waals surface area contributed by atoms with Crippen molar-refractivity contribution in [2.45, 2.75) is 64.7 Å². The molecule has 1 aliphatic carbocycles. The van der Waals surface area contributed by atoms with E-state index in [4.69, 9.17) is 4.98 Å². The number of hydrogen-bond acceptors (Lipinski definition) is 2. The molecule has 2 nitrogen and oxygen atoms in total. The van der Waals surface area contributed by atoms with Crippen LogP contribution in [0.3, 0.4) is 0 Å². The number of aromatic nitrogens is 2. The largest absolute Gasteiger partial charge is 0.264 e. The Morgan fingerprint density at radius 2 is 1.43 bits per heavy atom. The lowest BCUT2D eigenvalue weighted by Crippen LogP contribution is -2.37. The smallest absolute Gasteiger partial charge is 0.0723 e. The Hall–Kier alpha value is -2.48. The van der Waals surface area contributed by atoms with Crippen LogP contribution < -0.4 is 0 Å². The average molecular weight is 371 g/mol. The Labute approximate surface area is 169 Å². The molecule has 144 valence electrons. The minimum atomic E-state index is -0.112. The third-order valence-electron chi connectivity index (χ3n) is 6.42. The maximum Gasteiger partial charge on any atom is 0.0723 e. The lowest BCUT2D eigenvalue weighted by atomic mass is 9.59. The first-order valence-corrected chi connectivity index (χ1v) is 10.1. The summed E-state index contributed by atoms with van der Waals surface area (Å²) in [6.45, 7) is 16.0. The molecule has 0 saturated heterocycles. The van der Waals surface area contributed by atoms with Crippen LogP contribution in [0.25, 0.3) is 11.3 Å². The lowest BCUT2D eigenvalue weighted by molar-refractivity contribution is 0.519. The van der Waals surface area contributed by atoms with E-state index in [1.165, 1.54) is 27.8 Å². The van der Waals surface area contributed by atoms with Crippen LogP contribution in [0.2, 0.25) is 0 Å². The summed E-state index contributed by atoms with van der Waals surface area (Å²) in [5.74, 6) is 0. The number of fused-ring (bicyclic) bond motifs is 2. The van der Waals surface area contributed by atoms with Gasteiger partial charge >= 0.3 is 0 Å². The maximum atomic E-state index is 4.76. The summed E-state index contributed by atoms with van der Waals surface area (Å²) < 4.78 is 0. The van der Waals surface area contributed by atoms with Crippen LogP contribution in [-0.4, -0.2) is 9.97 Å². The highest BCUT2D eigenvalue weighted by molar-refractivity contribution is 5.72. The molecule has 28 heavy (non-hydrogen) atoms. The predicted octanol–water partition coefficient (Wildman–Crippen LogP) is 6.41. The van der Waals surface area contributed by atoms with Gasteiger partial charge in [-0.25, -0.2) is 0 Å². The SMILES string of the molecule is CC(C)(C)c1ccnc(-c2cncc3c2C(C)(C)c2ccccc2C3(C)C)c1. The molecule has 0 aliphatic heterocycles. The first-order valence-electron chi connectivity index (χ1n) is 10.1. The Morgan fingerprint density at radius 3 is 2.07 bits per heavy atom. The lowest BCUT2D eigenvalue weighted by Gasteiger charge is -2.44. The van der Waals surface area contributed by atoms with Gasteiger partial charge in [0.1, 0.15) is 0 Å². The third kappa shape index (κ3) is 2.70. The van der Waals surface area contributed by atoms with Crippen molar-refractivity contribution in [1.29, 1.82) is 0 Å². The van der Waals surface area contributed by atoms with Crippen LogP contribution in [-0.2, 0) is 16.2 Å². The molecule has 0 amide bonds. The van der Waals surface area contributed by atoms with E-state index in [0.29, 0.717) is 0 Å². The number of rotatable bonds is 1. The molecule has 0 spiro atoms. The van der Waals surface area contributed by atoms with Gasteiger partial charge in [0.05, 0.1) is 5.69 Å². The summed E-state index contributed by atoms with van der Waals surface area (Å²) in [6.07, 6.45) is 5.99. The maximum absolute atomic E-state index is 4.76. The molecule has 2 heterocycles. The zero-order chi connectivity index (χ0) is 20.3. The Kier molecular flexibility index (Phi) is 4.05. The summed E-state index contributed by atoms with van der Waals surface area (Å²) in [7, 11) is 0. The molecule has 0 unspecified atom stereocenters. The monoisotopic (exact) mass is 370 g/mol. The normalized spacial score (nSPS) is 17.0. The van der Waals surface area contributed by atoms with Crippen LogP contribution in [0.15, 0.2) is 55.0 Å². The first kappa shape index (κ1) is 18.9. The molecule has 1 aromatic carbocycles. The molecular weight excluding hydrogens is 340 g/mol. The topological polar surface area (TPSA) is 25.8 Å². The molecule has 0 N–H and O–H groups in total. The third-order valence-corrected chi connectivity index (χ3v) is 6.42. The molecule has 0 saturated carbocycles. The van der Waals surface area contributed by atoms with Gasteiger partial charge in [0.15, 0.2) is 0 Å². The summed E-state index contributed by atoms with van der Waals surface area (Å²) in [4.78, 5) is 9.42. The second-order valence-corrected chi connectivity index (χ2v) is 10.1. The van der Waals surface area contributed by atoms with Gasteiger partial charge in [-0.05, 0) is 45.4 Å². The highest BCUT2D eigenvalue weighted by Gasteiger charge is 2.43. The highest BCUT2D eigenvalue weighted by Crippen LogP contribution is 2.51. The van der Waals surface area contributed by atoms with E-state index in [2.05, 4.69) is 96.0 Å². The van der Waals surface area contributed by atoms with E-state index < -0.39 is 0 Å². The van der Waals surface area contributed by atoms with Crippen LogP contribution in [0, 0.1) is 0 Å². The standard InChI is InChI=1S/C26H30N2/c1-24(2,3)17-12-13-28-22(14-17)18-15-27-16-21-23(18)26(6,7)20-11-9-8-10-19(20)25(21,4)5/h8-16H,1-7H3. The van der Waals surface area contributed by atoms with Crippen molar-refractivity contribution in [3.63, 3.8) is 0 Å². The minimum Gasteiger partial charge on any atom is -0.264 e. The molecule has 0 atom stereocenters. The van der Waals surface area contributed by atoms with Crippen molar-refractivity contribution in [3.8, 4) is 11.3 Å². The van der Waals surface area contributed by atoms with Crippen molar-refractivity contribution < 1.29 is 0 Å². The van der Waals surface area contributed by atoms with Crippen molar-refractivity contribution >= 4 is 0 Å². The molecule has 0 bridgehead atoms. The average Bonchev–Trinajstić information content (AvgIpc) is 2.66. The van der Waals surface area contributed by atoms with Gasteiger partial charge in [-0.1, -0.05) is 72.7 Å². The van der Waals surface area contributed by atoms with Crippen LogP contribution in [0.4, 0.5) is 0 Å². The first-order chi connectivity index (χ1) is 13.0. The van der Waals surface area contributed by atoms with Crippen LogP contribution >= 0.6 is 0 Å². The second-order valence-electron chi connectivity index (χ2n) is 10.1. The number of pyridine rings is 2. The number of nitrogens with zero attached hydrogens (tertiary/aromatic N) is 2. The van der Waals surface area contributed by atoms with E-state index in [1.54, 1.807) is 0 Å². The van der Waals surface area contributed by atoms with E-state index in [9.17, 15) is 0 Å². The van der Waals surface area contributed by atoms with Crippen LogP contribution in [0.1, 0.15) is 76.3 Å². The fraction of sp³-hybridized carbons (Fsp3) is 0.385. The molecule has 4 rings (SSSR count). The van der Waals surface area contributed by atoms with Gasteiger partial charge in [0, 0.05) is 35.0 Å². The molecule has 0 fully saturated rings. The summed E-state index contributed by atoms with van der Waals surface area (Å²) in [6, 6.07) is 13.2. The number of benzene rings is 1. The quantitative estimate of drug-likeness (QED) is 0.495. The number of hydrogen-bond donors (Lipinski definition) is 0. The summed E-state index contributed by atoms with van der Waals surface area (Å²) in [5.41, 5.74) is 8.78. The van der Waals surface area contributed by atoms with Gasteiger partial charge in [0.25, 0.3) is 0 Å². The van der Waals surface area contributed by atoms with Crippen molar-refractivity contribution in [2.24, 2.45) is 0 Å². The Morgan fingerprint density at radius 1 is 0.786 bits per heavy atom.